The van der Waals surface area contributed by atoms with Crippen molar-refractivity contribution in [1.29, 1.82) is 5.26 Å². The van der Waals surface area contributed by atoms with Crippen LogP contribution in [0.2, 0.25) is 0 Å². The molecular formula is C19H14F3N3O2. The van der Waals surface area contributed by atoms with E-state index in [-0.39, 0.29) is 18.6 Å². The largest absolute Gasteiger partial charge is 0.573 e. The van der Waals surface area contributed by atoms with E-state index in [0.29, 0.717) is 17.8 Å². The highest BCUT2D eigenvalue weighted by molar-refractivity contribution is 5.91. The zero-order valence-corrected chi connectivity index (χ0v) is 14.0. The van der Waals surface area contributed by atoms with Crippen LogP contribution in [0, 0.1) is 23.2 Å². The van der Waals surface area contributed by atoms with Gasteiger partial charge in [0.15, 0.2) is 0 Å². The van der Waals surface area contributed by atoms with Crippen LogP contribution in [-0.4, -0.2) is 17.3 Å². The lowest BCUT2D eigenvalue weighted by atomic mass is 10.1. The molecule has 5 nitrogen and oxygen atoms in total. The maximum absolute atomic E-state index is 12.2. The van der Waals surface area contributed by atoms with Gasteiger partial charge >= 0.3 is 6.36 Å². The van der Waals surface area contributed by atoms with E-state index < -0.39 is 12.3 Å². The fourth-order valence-corrected chi connectivity index (χ4v) is 2.09. The summed E-state index contributed by atoms with van der Waals surface area (Å²) in [6.07, 6.45) is -2.76. The Hall–Kier alpha value is -3.52. The van der Waals surface area contributed by atoms with Crippen LogP contribution >= 0.6 is 0 Å². The molecule has 0 fully saturated rings. The van der Waals surface area contributed by atoms with Crippen LogP contribution in [0.15, 0.2) is 42.6 Å². The number of amides is 1. The van der Waals surface area contributed by atoms with E-state index in [4.69, 9.17) is 5.26 Å². The van der Waals surface area contributed by atoms with E-state index in [1.807, 2.05) is 6.07 Å². The van der Waals surface area contributed by atoms with Gasteiger partial charge in [0, 0.05) is 12.6 Å². The van der Waals surface area contributed by atoms with E-state index >= 15 is 0 Å². The van der Waals surface area contributed by atoms with E-state index in [2.05, 4.69) is 26.9 Å². The van der Waals surface area contributed by atoms with Gasteiger partial charge in [0.1, 0.15) is 11.6 Å². The molecule has 1 N–H and O–H groups in total. The van der Waals surface area contributed by atoms with Crippen molar-refractivity contribution in [1.82, 2.24) is 4.98 Å². The molecule has 1 amide bonds. The number of nitrogens with zero attached hydrogens (tertiary/aromatic N) is 2. The smallest absolute Gasteiger partial charge is 0.406 e. The molecule has 138 valence electrons. The van der Waals surface area contributed by atoms with E-state index in [0.717, 1.165) is 17.7 Å². The quantitative estimate of drug-likeness (QED) is 0.813. The maximum atomic E-state index is 12.2. The van der Waals surface area contributed by atoms with Gasteiger partial charge in [-0.05, 0) is 29.3 Å². The first-order valence-electron chi connectivity index (χ1n) is 7.78. The molecule has 0 spiro atoms. The number of pyridine rings is 1. The predicted molar refractivity (Wildman–Crippen MR) is 91.4 cm³/mol. The van der Waals surface area contributed by atoms with Crippen LogP contribution in [0.5, 0.6) is 5.75 Å². The second kappa shape index (κ2) is 9.25. The second-order valence-electron chi connectivity index (χ2n) is 5.34. The lowest BCUT2D eigenvalue weighted by molar-refractivity contribution is -0.274. The summed E-state index contributed by atoms with van der Waals surface area (Å²) in [5, 5.41) is 11.0. The van der Waals surface area contributed by atoms with Crippen LogP contribution in [-0.2, 0) is 17.6 Å². The molecule has 0 aliphatic carbocycles. The molecule has 2 aromatic rings. The van der Waals surface area contributed by atoms with Gasteiger partial charge in [0.05, 0.1) is 18.9 Å². The summed E-state index contributed by atoms with van der Waals surface area (Å²) in [4.78, 5) is 16.1. The summed E-state index contributed by atoms with van der Waals surface area (Å²) in [7, 11) is 0. The summed E-state index contributed by atoms with van der Waals surface area (Å²) >= 11 is 0. The molecule has 0 saturated carbocycles. The minimum Gasteiger partial charge on any atom is -0.406 e. The highest BCUT2D eigenvalue weighted by Gasteiger charge is 2.31. The fraction of sp³-hybridized carbons (Fsp3) is 0.211. The number of anilines is 1. The van der Waals surface area contributed by atoms with Crippen molar-refractivity contribution in [2.45, 2.75) is 25.6 Å². The van der Waals surface area contributed by atoms with E-state index in [1.54, 1.807) is 18.3 Å². The zero-order valence-electron chi connectivity index (χ0n) is 14.0. The number of nitrogens with one attached hydrogen (secondary N) is 1. The molecule has 8 heteroatoms. The Morgan fingerprint density at radius 1 is 1.19 bits per heavy atom. The maximum Gasteiger partial charge on any atom is 0.573 e. The zero-order chi connectivity index (χ0) is 19.7. The van der Waals surface area contributed by atoms with Gasteiger partial charge in [0.25, 0.3) is 0 Å². The molecule has 0 radical (unpaired) electrons. The number of carbonyl (C=O) groups is 1. The van der Waals surface area contributed by atoms with Gasteiger partial charge in [-0.15, -0.1) is 13.2 Å². The Labute approximate surface area is 153 Å². The lowest BCUT2D eigenvalue weighted by Gasteiger charge is -2.10. The Kier molecular flexibility index (Phi) is 6.79. The highest BCUT2D eigenvalue weighted by Crippen LogP contribution is 2.23. The monoisotopic (exact) mass is 373 g/mol. The molecule has 27 heavy (non-hydrogen) atoms. The fourth-order valence-electron chi connectivity index (χ4n) is 2.09. The third-order valence-electron chi connectivity index (χ3n) is 3.17. The van der Waals surface area contributed by atoms with Gasteiger partial charge in [-0.1, -0.05) is 30.0 Å². The number of benzene rings is 1. The summed E-state index contributed by atoms with van der Waals surface area (Å²) in [5.74, 6) is 5.02. The minimum absolute atomic E-state index is 0.127. The molecule has 1 aromatic heterocycles. The second-order valence-corrected chi connectivity index (χ2v) is 5.34. The Balaban J connectivity index is 1.91. The van der Waals surface area contributed by atoms with E-state index in [1.165, 1.54) is 12.1 Å². The highest BCUT2D eigenvalue weighted by atomic mass is 19.4. The first-order chi connectivity index (χ1) is 12.9. The number of rotatable bonds is 5. The number of carbonyl (C=O) groups excluding carboxylic acids is 1. The molecule has 0 saturated heterocycles. The minimum atomic E-state index is -4.79. The molecule has 0 bridgehead atoms. The normalized spacial score (nSPS) is 10.3. The molecule has 0 atom stereocenters. The number of ether oxygens (including phenoxy) is 1. The van der Waals surface area contributed by atoms with Crippen molar-refractivity contribution in [3.8, 4) is 23.7 Å². The third kappa shape index (κ3) is 7.49. The average Bonchev–Trinajstić information content (AvgIpc) is 2.59. The predicted octanol–water partition coefficient (Wildman–Crippen LogP) is 3.62. The van der Waals surface area contributed by atoms with Crippen molar-refractivity contribution in [3.63, 3.8) is 0 Å². The number of nitriles is 1. The molecule has 0 aliphatic heterocycles. The SMILES string of the molecule is N#CCC#CCc1ccc(NC(=O)Cc2cccc(OC(F)(F)F)c2)nc1. The van der Waals surface area contributed by atoms with Gasteiger partial charge in [-0.3, -0.25) is 4.79 Å². The Morgan fingerprint density at radius 3 is 2.67 bits per heavy atom. The first kappa shape index (κ1) is 19.8. The molecule has 1 heterocycles. The molecule has 2 rings (SSSR count). The van der Waals surface area contributed by atoms with Crippen LogP contribution in [0.4, 0.5) is 19.0 Å². The molecular weight excluding hydrogens is 359 g/mol. The van der Waals surface area contributed by atoms with Crippen molar-refractivity contribution in [2.24, 2.45) is 0 Å². The molecule has 0 aliphatic rings. The number of halogens is 3. The number of hydrogen-bond acceptors (Lipinski definition) is 4. The number of aromatic nitrogens is 1. The number of hydrogen-bond donors (Lipinski definition) is 1. The first-order valence-corrected chi connectivity index (χ1v) is 7.78. The lowest BCUT2D eigenvalue weighted by Crippen LogP contribution is -2.18. The molecule has 1 aromatic carbocycles. The van der Waals surface area contributed by atoms with Gasteiger partial charge in [-0.2, -0.15) is 5.26 Å². The third-order valence-corrected chi connectivity index (χ3v) is 3.17. The van der Waals surface area contributed by atoms with Crippen molar-refractivity contribution < 1.29 is 22.7 Å². The molecule has 0 unspecified atom stereocenters. The Morgan fingerprint density at radius 2 is 2.00 bits per heavy atom. The summed E-state index contributed by atoms with van der Waals surface area (Å²) in [6, 6.07) is 10.5. The number of alkyl halides is 3. The van der Waals surface area contributed by atoms with E-state index in [9.17, 15) is 18.0 Å². The van der Waals surface area contributed by atoms with Crippen molar-refractivity contribution in [3.05, 3.63) is 53.7 Å². The average molecular weight is 373 g/mol. The standard InChI is InChI=1S/C19H14F3N3O2/c20-19(21,22)27-16-7-4-6-15(11-16)12-18(26)25-17-9-8-14(13-24-17)5-2-1-3-10-23/h4,6-9,11,13H,3,5,12H2,(H,24,25,26). The van der Waals surface area contributed by atoms with Gasteiger partial charge in [-0.25, -0.2) is 4.98 Å². The summed E-state index contributed by atoms with van der Waals surface area (Å²) < 4.78 is 40.5. The van der Waals surface area contributed by atoms with Crippen LogP contribution in [0.1, 0.15) is 17.5 Å². The van der Waals surface area contributed by atoms with Crippen LogP contribution in [0.25, 0.3) is 0 Å². The van der Waals surface area contributed by atoms with Gasteiger partial charge < -0.3 is 10.1 Å². The van der Waals surface area contributed by atoms with Crippen LogP contribution in [0.3, 0.4) is 0 Å². The topological polar surface area (TPSA) is 75.0 Å². The van der Waals surface area contributed by atoms with Gasteiger partial charge in [0.2, 0.25) is 5.91 Å². The summed E-state index contributed by atoms with van der Waals surface area (Å²) in [5.41, 5.74) is 1.20. The van der Waals surface area contributed by atoms with Crippen molar-refractivity contribution in [2.75, 3.05) is 5.32 Å². The van der Waals surface area contributed by atoms with Crippen LogP contribution < -0.4 is 10.1 Å². The Bertz CT molecular complexity index is 891. The summed E-state index contributed by atoms with van der Waals surface area (Å²) in [6.45, 7) is 0. The van der Waals surface area contributed by atoms with Crippen molar-refractivity contribution >= 4 is 11.7 Å².